The number of halogens is 2. The lowest BCUT2D eigenvalue weighted by molar-refractivity contribution is 0.0842. The molecule has 0 amide bonds. The first-order valence-corrected chi connectivity index (χ1v) is 11.3. The topological polar surface area (TPSA) is 26.2 Å². The number of aromatic nitrogens is 1. The smallest absolute Gasteiger partial charge is 0.0903 e. The van der Waals surface area contributed by atoms with Gasteiger partial charge in [-0.1, -0.05) is 47.5 Å². The number of nitrogens with one attached hydrogen (secondary N) is 1. The SMILES string of the molecule is CCn1c2ccccc2c2c3c(ccc21)N[C@@H](c1ccc(Cl)c(Cl)c1)[C@@H]1CCO[C@H]31. The molecule has 6 rings (SSSR count). The average Bonchev–Trinajstić information content (AvgIpc) is 3.37. The molecule has 1 fully saturated rings. The summed E-state index contributed by atoms with van der Waals surface area (Å²) in [4.78, 5) is 0. The highest BCUT2D eigenvalue weighted by Gasteiger charge is 2.43. The molecule has 1 saturated heterocycles. The molecule has 3 nitrogen and oxygen atoms in total. The summed E-state index contributed by atoms with van der Waals surface area (Å²) >= 11 is 12.5. The van der Waals surface area contributed by atoms with Crippen LogP contribution in [0.5, 0.6) is 0 Å². The van der Waals surface area contributed by atoms with E-state index in [2.05, 4.69) is 59.3 Å². The summed E-state index contributed by atoms with van der Waals surface area (Å²) in [6, 6.07) is 19.3. The lowest BCUT2D eigenvalue weighted by atomic mass is 9.79. The van der Waals surface area contributed by atoms with Crippen molar-refractivity contribution in [2.45, 2.75) is 32.0 Å². The molecule has 1 aromatic heterocycles. The van der Waals surface area contributed by atoms with Crippen LogP contribution in [0.1, 0.15) is 36.6 Å². The van der Waals surface area contributed by atoms with E-state index < -0.39 is 0 Å². The van der Waals surface area contributed by atoms with Crippen LogP contribution in [-0.4, -0.2) is 11.2 Å². The van der Waals surface area contributed by atoms with Gasteiger partial charge in [-0.25, -0.2) is 0 Å². The second-order valence-corrected chi connectivity index (χ2v) is 9.04. The van der Waals surface area contributed by atoms with E-state index >= 15 is 0 Å². The molecule has 2 aliphatic rings. The molecular weight excluding hydrogens is 415 g/mol. The third kappa shape index (κ3) is 2.56. The predicted molar refractivity (Wildman–Crippen MR) is 125 cm³/mol. The fraction of sp³-hybridized carbons (Fsp3) is 0.280. The van der Waals surface area contributed by atoms with Crippen molar-refractivity contribution in [2.24, 2.45) is 5.92 Å². The number of nitrogens with zero attached hydrogens (tertiary/aromatic N) is 1. The first kappa shape index (κ1) is 18.6. The zero-order chi connectivity index (χ0) is 20.4. The van der Waals surface area contributed by atoms with Crippen LogP contribution >= 0.6 is 23.2 Å². The molecule has 0 unspecified atom stereocenters. The van der Waals surface area contributed by atoms with E-state index in [4.69, 9.17) is 27.9 Å². The minimum atomic E-state index is 0.0699. The molecule has 3 heterocycles. The molecule has 2 aliphatic heterocycles. The Hall–Kier alpha value is -2.20. The molecule has 1 N–H and O–H groups in total. The van der Waals surface area contributed by atoms with Gasteiger partial charge in [0.15, 0.2) is 0 Å². The predicted octanol–water partition coefficient (Wildman–Crippen LogP) is 7.37. The zero-order valence-electron chi connectivity index (χ0n) is 16.7. The molecule has 152 valence electrons. The lowest BCUT2D eigenvalue weighted by Crippen LogP contribution is -2.29. The van der Waals surface area contributed by atoms with Crippen LogP contribution in [0.3, 0.4) is 0 Å². The quantitative estimate of drug-likeness (QED) is 0.354. The summed E-state index contributed by atoms with van der Waals surface area (Å²) in [6.07, 6.45) is 1.09. The standard InChI is InChI=1S/C25H22Cl2N2O/c1-2-29-20-6-4-3-5-15(20)22-21(29)10-9-19-23(22)25-16(11-12-30-25)24(28-19)14-7-8-17(26)18(27)13-14/h3-10,13,16,24-25,28H,2,11-12H2,1H3/t16-,24-,25-/m0/s1. The van der Waals surface area contributed by atoms with Gasteiger partial charge in [-0.05, 0) is 49.2 Å². The van der Waals surface area contributed by atoms with Gasteiger partial charge in [0.2, 0.25) is 0 Å². The highest BCUT2D eigenvalue weighted by Crippen LogP contribution is 2.53. The summed E-state index contributed by atoms with van der Waals surface area (Å²) in [7, 11) is 0. The van der Waals surface area contributed by atoms with Gasteiger partial charge in [-0.2, -0.15) is 0 Å². The normalized spacial score (nSPS) is 22.8. The van der Waals surface area contributed by atoms with E-state index in [9.17, 15) is 0 Å². The Morgan fingerprint density at radius 1 is 1.03 bits per heavy atom. The molecule has 0 radical (unpaired) electrons. The first-order chi connectivity index (χ1) is 14.7. The number of fused-ring (bicyclic) bond motifs is 7. The third-order valence-corrected chi connectivity index (χ3v) is 7.50. The number of hydrogen-bond acceptors (Lipinski definition) is 2. The Labute approximate surface area is 185 Å². The Morgan fingerprint density at radius 2 is 1.90 bits per heavy atom. The van der Waals surface area contributed by atoms with Crippen molar-refractivity contribution in [3.05, 3.63) is 75.8 Å². The number of ether oxygens (including phenoxy) is 1. The highest BCUT2D eigenvalue weighted by atomic mass is 35.5. The summed E-state index contributed by atoms with van der Waals surface area (Å²) in [5.74, 6) is 0.351. The second kappa shape index (κ2) is 6.91. The number of anilines is 1. The molecule has 30 heavy (non-hydrogen) atoms. The summed E-state index contributed by atoms with van der Waals surface area (Å²) in [5, 5.41) is 7.63. The second-order valence-electron chi connectivity index (χ2n) is 8.22. The van der Waals surface area contributed by atoms with Crippen LogP contribution in [0, 0.1) is 5.92 Å². The summed E-state index contributed by atoms with van der Waals surface area (Å²) in [6.45, 7) is 3.92. The average molecular weight is 437 g/mol. The van der Waals surface area contributed by atoms with Crippen LogP contribution in [0.15, 0.2) is 54.6 Å². The Morgan fingerprint density at radius 3 is 2.73 bits per heavy atom. The molecule has 5 heteroatoms. The fourth-order valence-electron chi connectivity index (χ4n) is 5.48. The van der Waals surface area contributed by atoms with Crippen molar-refractivity contribution in [1.82, 2.24) is 4.57 Å². The third-order valence-electron chi connectivity index (χ3n) is 6.76. The van der Waals surface area contributed by atoms with Gasteiger partial charge in [-0.15, -0.1) is 0 Å². The van der Waals surface area contributed by atoms with Gasteiger partial charge in [0.25, 0.3) is 0 Å². The van der Waals surface area contributed by atoms with Gasteiger partial charge in [0.1, 0.15) is 0 Å². The Bertz CT molecular complexity index is 1300. The van der Waals surface area contributed by atoms with Gasteiger partial charge in [-0.3, -0.25) is 0 Å². The van der Waals surface area contributed by atoms with Crippen LogP contribution < -0.4 is 5.32 Å². The molecular formula is C25H22Cl2N2O. The van der Waals surface area contributed by atoms with Crippen molar-refractivity contribution in [2.75, 3.05) is 11.9 Å². The minimum absolute atomic E-state index is 0.0699. The van der Waals surface area contributed by atoms with Crippen molar-refractivity contribution in [3.8, 4) is 0 Å². The van der Waals surface area contributed by atoms with Gasteiger partial charge < -0.3 is 14.6 Å². The molecule has 3 aromatic carbocycles. The molecule has 0 spiro atoms. The van der Waals surface area contributed by atoms with E-state index in [1.165, 1.54) is 27.4 Å². The monoisotopic (exact) mass is 436 g/mol. The maximum absolute atomic E-state index is 6.38. The van der Waals surface area contributed by atoms with Crippen molar-refractivity contribution in [1.29, 1.82) is 0 Å². The number of para-hydroxylation sites is 1. The van der Waals surface area contributed by atoms with Crippen molar-refractivity contribution < 1.29 is 4.74 Å². The van der Waals surface area contributed by atoms with Crippen LogP contribution in [0.25, 0.3) is 21.8 Å². The number of benzene rings is 3. The van der Waals surface area contributed by atoms with Gasteiger partial charge >= 0.3 is 0 Å². The Kier molecular flexibility index (Phi) is 4.28. The molecule has 0 aliphatic carbocycles. The van der Waals surface area contributed by atoms with Crippen molar-refractivity contribution in [3.63, 3.8) is 0 Å². The maximum Gasteiger partial charge on any atom is 0.0903 e. The minimum Gasteiger partial charge on any atom is -0.378 e. The van der Waals surface area contributed by atoms with Crippen molar-refractivity contribution >= 4 is 50.7 Å². The van der Waals surface area contributed by atoms with Gasteiger partial charge in [0, 0.05) is 52.1 Å². The number of rotatable bonds is 2. The first-order valence-electron chi connectivity index (χ1n) is 10.5. The van der Waals surface area contributed by atoms with E-state index in [0.717, 1.165) is 30.8 Å². The lowest BCUT2D eigenvalue weighted by Gasteiger charge is -2.37. The number of aryl methyl sites for hydroxylation is 1. The fourth-order valence-corrected chi connectivity index (χ4v) is 5.79. The highest BCUT2D eigenvalue weighted by molar-refractivity contribution is 6.42. The van der Waals surface area contributed by atoms with Gasteiger partial charge in [0.05, 0.1) is 22.2 Å². The van der Waals surface area contributed by atoms with Crippen LogP contribution in [0.2, 0.25) is 10.0 Å². The van der Waals surface area contributed by atoms with Crippen LogP contribution in [0.4, 0.5) is 5.69 Å². The molecule has 0 bridgehead atoms. The van der Waals surface area contributed by atoms with E-state index in [1.807, 2.05) is 12.1 Å². The maximum atomic E-state index is 6.38. The van der Waals surface area contributed by atoms with E-state index in [1.54, 1.807) is 0 Å². The Balaban J connectivity index is 1.59. The molecule has 3 atom stereocenters. The molecule has 0 saturated carbocycles. The number of hydrogen-bond donors (Lipinski definition) is 1. The van der Waals surface area contributed by atoms with E-state index in [0.29, 0.717) is 16.0 Å². The summed E-state index contributed by atoms with van der Waals surface area (Å²) < 4.78 is 8.78. The zero-order valence-corrected chi connectivity index (χ0v) is 18.2. The largest absolute Gasteiger partial charge is 0.378 e. The summed E-state index contributed by atoms with van der Waals surface area (Å²) in [5.41, 5.74) is 6.17. The van der Waals surface area contributed by atoms with E-state index in [-0.39, 0.29) is 12.1 Å². The van der Waals surface area contributed by atoms with Crippen LogP contribution in [-0.2, 0) is 11.3 Å². The molecule has 4 aromatic rings.